The number of rotatable bonds is 7. The molecule has 2 amide bonds. The Hall–Kier alpha value is -2.45. The monoisotopic (exact) mass is 398 g/mol. The van der Waals surface area contributed by atoms with Gasteiger partial charge in [-0.05, 0) is 38.5 Å². The lowest BCUT2D eigenvalue weighted by atomic mass is 9.95. The Morgan fingerprint density at radius 2 is 2.04 bits per heavy atom. The molecule has 0 saturated heterocycles. The maximum atomic E-state index is 12.6. The van der Waals surface area contributed by atoms with Crippen molar-refractivity contribution in [1.29, 1.82) is 0 Å². The number of phenolic OH excluding ortho intramolecular Hbond substituents is 1. The maximum Gasteiger partial charge on any atom is 0.338 e. The van der Waals surface area contributed by atoms with Crippen molar-refractivity contribution < 1.29 is 28.9 Å². The van der Waals surface area contributed by atoms with Crippen molar-refractivity contribution in [1.82, 2.24) is 10.6 Å². The minimum Gasteiger partial charge on any atom is -0.503 e. The number of halogens is 1. The number of nitrogens with one attached hydrogen (secondary N) is 2. The molecule has 1 aliphatic heterocycles. The van der Waals surface area contributed by atoms with Gasteiger partial charge in [0.1, 0.15) is 6.61 Å². The molecule has 8 nitrogen and oxygen atoms in total. The maximum absolute atomic E-state index is 12.6. The molecule has 1 aromatic carbocycles. The molecule has 0 fully saturated rings. The van der Waals surface area contributed by atoms with Crippen LogP contribution in [0, 0.1) is 0 Å². The van der Waals surface area contributed by atoms with E-state index in [2.05, 4.69) is 10.6 Å². The number of methoxy groups -OCH3 is 1. The molecule has 3 N–H and O–H groups in total. The molecule has 0 saturated carbocycles. The fraction of sp³-hybridized carbons (Fsp3) is 0.444. The first-order valence-corrected chi connectivity index (χ1v) is 8.75. The molecular formula is C18H23ClN2O6. The number of allylic oxidation sites excluding steroid dienone is 1. The van der Waals surface area contributed by atoms with E-state index in [0.717, 1.165) is 0 Å². The van der Waals surface area contributed by atoms with Gasteiger partial charge in [0.25, 0.3) is 0 Å². The highest BCUT2D eigenvalue weighted by molar-refractivity contribution is 6.32. The van der Waals surface area contributed by atoms with Crippen molar-refractivity contribution in [3.8, 4) is 11.5 Å². The number of hydrogen-bond acceptors (Lipinski definition) is 6. The Bertz CT molecular complexity index is 762. The van der Waals surface area contributed by atoms with Crippen LogP contribution in [0.25, 0.3) is 0 Å². The summed E-state index contributed by atoms with van der Waals surface area (Å²) in [5.74, 6) is -0.694. The van der Waals surface area contributed by atoms with E-state index in [1.165, 1.54) is 19.2 Å². The topological polar surface area (TPSA) is 106 Å². The second kappa shape index (κ2) is 8.96. The summed E-state index contributed by atoms with van der Waals surface area (Å²) in [5.41, 5.74) is 1.05. The first-order valence-electron chi connectivity index (χ1n) is 8.38. The molecule has 1 unspecified atom stereocenters. The van der Waals surface area contributed by atoms with Crippen molar-refractivity contribution in [3.63, 3.8) is 0 Å². The summed E-state index contributed by atoms with van der Waals surface area (Å²) in [6, 6.07) is 1.67. The SMILES string of the molecule is COc1cc(C2NC(=O)NC(C)=C2C(=O)OCCOC(C)C)cc(Cl)c1O. The molecule has 0 bridgehead atoms. The van der Waals surface area contributed by atoms with E-state index in [1.54, 1.807) is 6.92 Å². The summed E-state index contributed by atoms with van der Waals surface area (Å²) in [5, 5.41) is 15.2. The normalized spacial score (nSPS) is 16.8. The molecule has 27 heavy (non-hydrogen) atoms. The molecule has 1 aliphatic rings. The van der Waals surface area contributed by atoms with Crippen LogP contribution in [0.3, 0.4) is 0 Å². The zero-order chi connectivity index (χ0) is 20.1. The van der Waals surface area contributed by atoms with E-state index in [0.29, 0.717) is 11.3 Å². The standard InChI is InChI=1S/C18H23ClN2O6/c1-9(2)26-5-6-27-17(23)14-10(3)20-18(24)21-15(14)11-7-12(19)16(22)13(8-11)25-4/h7-9,15,22H,5-6H2,1-4H3,(H2,20,21,24). The summed E-state index contributed by atoms with van der Waals surface area (Å²) in [4.78, 5) is 24.5. The summed E-state index contributed by atoms with van der Waals surface area (Å²) < 4.78 is 15.7. The Kier molecular flexibility index (Phi) is 6.92. The van der Waals surface area contributed by atoms with Crippen molar-refractivity contribution >= 4 is 23.6 Å². The van der Waals surface area contributed by atoms with Crippen LogP contribution >= 0.6 is 11.6 Å². The third kappa shape index (κ3) is 5.05. The molecule has 148 valence electrons. The van der Waals surface area contributed by atoms with Gasteiger partial charge in [0.2, 0.25) is 0 Å². The zero-order valence-corrected chi connectivity index (χ0v) is 16.3. The van der Waals surface area contributed by atoms with E-state index in [4.69, 9.17) is 25.8 Å². The molecule has 0 aliphatic carbocycles. The van der Waals surface area contributed by atoms with Gasteiger partial charge < -0.3 is 30.0 Å². The van der Waals surface area contributed by atoms with Crippen LogP contribution in [0.5, 0.6) is 11.5 Å². The molecule has 1 atom stereocenters. The van der Waals surface area contributed by atoms with Crippen LogP contribution in [0.15, 0.2) is 23.4 Å². The van der Waals surface area contributed by atoms with Crippen molar-refractivity contribution in [2.75, 3.05) is 20.3 Å². The Morgan fingerprint density at radius 3 is 2.67 bits per heavy atom. The van der Waals surface area contributed by atoms with Crippen LogP contribution in [0.4, 0.5) is 4.79 Å². The summed E-state index contributed by atoms with van der Waals surface area (Å²) in [7, 11) is 1.38. The minimum atomic E-state index is -0.815. The molecule has 1 heterocycles. The highest BCUT2D eigenvalue weighted by Gasteiger charge is 2.33. The van der Waals surface area contributed by atoms with Crippen molar-refractivity contribution in [2.45, 2.75) is 32.9 Å². The lowest BCUT2D eigenvalue weighted by molar-refractivity contribution is -0.141. The average molecular weight is 399 g/mol. The molecule has 2 rings (SSSR count). The number of ether oxygens (including phenoxy) is 3. The first-order chi connectivity index (χ1) is 12.7. The predicted octanol–water partition coefficient (Wildman–Crippen LogP) is 2.65. The van der Waals surface area contributed by atoms with E-state index in [1.807, 2.05) is 13.8 Å². The fourth-order valence-corrected chi connectivity index (χ4v) is 2.85. The number of carbonyl (C=O) groups excluding carboxylic acids is 2. The number of urea groups is 1. The summed E-state index contributed by atoms with van der Waals surface area (Å²) >= 11 is 6.04. The molecule has 9 heteroatoms. The lowest BCUT2D eigenvalue weighted by Crippen LogP contribution is -2.45. The quantitative estimate of drug-likeness (QED) is 0.481. The van der Waals surface area contributed by atoms with E-state index in [9.17, 15) is 14.7 Å². The van der Waals surface area contributed by atoms with Gasteiger partial charge in [0.05, 0.1) is 36.5 Å². The largest absolute Gasteiger partial charge is 0.503 e. The van der Waals surface area contributed by atoms with E-state index in [-0.39, 0.29) is 41.4 Å². The summed E-state index contributed by atoms with van der Waals surface area (Å²) in [6.45, 7) is 5.71. The number of hydrogen-bond donors (Lipinski definition) is 3. The van der Waals surface area contributed by atoms with Crippen molar-refractivity contribution in [3.05, 3.63) is 34.0 Å². The number of esters is 1. The molecule has 0 spiro atoms. The molecule has 1 aromatic rings. The smallest absolute Gasteiger partial charge is 0.338 e. The zero-order valence-electron chi connectivity index (χ0n) is 15.6. The average Bonchev–Trinajstić information content (AvgIpc) is 2.59. The van der Waals surface area contributed by atoms with Gasteiger partial charge in [-0.3, -0.25) is 0 Å². The van der Waals surface area contributed by atoms with Gasteiger partial charge in [0, 0.05) is 5.70 Å². The second-order valence-electron chi connectivity index (χ2n) is 6.18. The van der Waals surface area contributed by atoms with Gasteiger partial charge >= 0.3 is 12.0 Å². The molecule has 0 aromatic heterocycles. The van der Waals surface area contributed by atoms with Gasteiger partial charge in [0.15, 0.2) is 11.5 Å². The highest BCUT2D eigenvalue weighted by atomic mass is 35.5. The molecular weight excluding hydrogens is 376 g/mol. The Morgan fingerprint density at radius 1 is 1.33 bits per heavy atom. The summed E-state index contributed by atoms with van der Waals surface area (Å²) in [6.07, 6.45) is 0.0274. The first kappa shape index (κ1) is 20.9. The van der Waals surface area contributed by atoms with Crippen molar-refractivity contribution in [2.24, 2.45) is 0 Å². The van der Waals surface area contributed by atoms with Crippen LogP contribution in [0.1, 0.15) is 32.4 Å². The van der Waals surface area contributed by atoms with Crippen LogP contribution < -0.4 is 15.4 Å². The lowest BCUT2D eigenvalue weighted by Gasteiger charge is -2.28. The number of phenols is 1. The van der Waals surface area contributed by atoms with E-state index < -0.39 is 18.0 Å². The third-order valence-corrected chi connectivity index (χ3v) is 4.15. The number of benzene rings is 1. The predicted molar refractivity (Wildman–Crippen MR) is 98.8 cm³/mol. The van der Waals surface area contributed by atoms with Crippen LogP contribution in [-0.2, 0) is 14.3 Å². The second-order valence-corrected chi connectivity index (χ2v) is 6.59. The Labute approximate surface area is 162 Å². The van der Waals surface area contributed by atoms with Gasteiger partial charge in [-0.15, -0.1) is 0 Å². The highest BCUT2D eigenvalue weighted by Crippen LogP contribution is 2.39. The third-order valence-electron chi connectivity index (χ3n) is 3.86. The fourth-order valence-electron chi connectivity index (χ4n) is 2.63. The number of amides is 2. The number of aromatic hydroxyl groups is 1. The Balaban J connectivity index is 2.30. The van der Waals surface area contributed by atoms with Gasteiger partial charge in [-0.25, -0.2) is 9.59 Å². The van der Waals surface area contributed by atoms with Crippen LogP contribution in [0.2, 0.25) is 5.02 Å². The molecule has 0 radical (unpaired) electrons. The minimum absolute atomic E-state index is 0.0274. The number of carbonyl (C=O) groups is 2. The van der Waals surface area contributed by atoms with Gasteiger partial charge in [-0.2, -0.15) is 0 Å². The van der Waals surface area contributed by atoms with Crippen LogP contribution in [-0.4, -0.2) is 43.5 Å². The van der Waals surface area contributed by atoms with E-state index >= 15 is 0 Å². The van der Waals surface area contributed by atoms with Gasteiger partial charge in [-0.1, -0.05) is 11.6 Å².